The van der Waals surface area contributed by atoms with Crippen LogP contribution in [0.15, 0.2) is 30.5 Å². The predicted octanol–water partition coefficient (Wildman–Crippen LogP) is 1.35. The maximum Gasteiger partial charge on any atom is 0.389 e. The molecule has 120 valence electrons. The number of benzene rings is 1. The second-order valence-corrected chi connectivity index (χ2v) is 4.35. The number of carbonyl (C=O) groups is 1. The Balaban J connectivity index is 2.11. The second-order valence-electron chi connectivity index (χ2n) is 4.35. The number of nitro benzene ring substituents is 1. The predicted molar refractivity (Wildman–Crippen MR) is 77.2 cm³/mol. The van der Waals surface area contributed by atoms with Crippen LogP contribution in [0.5, 0.6) is 5.75 Å². The van der Waals surface area contributed by atoms with E-state index in [-0.39, 0.29) is 29.5 Å². The lowest BCUT2D eigenvalue weighted by atomic mass is 10.2. The first-order valence-electron chi connectivity index (χ1n) is 6.20. The molecule has 0 bridgehead atoms. The third-order valence-corrected chi connectivity index (χ3v) is 2.74. The number of aromatic nitrogens is 2. The summed E-state index contributed by atoms with van der Waals surface area (Å²) >= 11 is 0. The van der Waals surface area contributed by atoms with Gasteiger partial charge in [-0.2, -0.15) is 4.68 Å². The van der Waals surface area contributed by atoms with E-state index in [0.29, 0.717) is 0 Å². The lowest BCUT2D eigenvalue weighted by Gasteiger charge is -2.06. The van der Waals surface area contributed by atoms with Crippen LogP contribution >= 0.6 is 0 Å². The van der Waals surface area contributed by atoms with Gasteiger partial charge >= 0.3 is 5.82 Å². The largest absolute Gasteiger partial charge is 0.496 e. The first kappa shape index (κ1) is 15.9. The van der Waals surface area contributed by atoms with E-state index >= 15 is 0 Å². The van der Waals surface area contributed by atoms with Gasteiger partial charge in [0.1, 0.15) is 12.3 Å². The summed E-state index contributed by atoms with van der Waals surface area (Å²) in [6.45, 7) is -0.279. The van der Waals surface area contributed by atoms with Crippen LogP contribution < -0.4 is 10.1 Å². The average molecular weight is 321 g/mol. The molecule has 23 heavy (non-hydrogen) atoms. The Hall–Kier alpha value is -3.50. The minimum Gasteiger partial charge on any atom is -0.496 e. The van der Waals surface area contributed by atoms with E-state index in [4.69, 9.17) is 4.74 Å². The smallest absolute Gasteiger partial charge is 0.389 e. The van der Waals surface area contributed by atoms with Gasteiger partial charge in [-0.15, -0.1) is 0 Å². The standard InChI is InChI=1S/C12H11N5O6/c1-23-10-5-8(4-9(6-10)16(19)20)13-12(18)7-15-3-2-11(14-15)17(21)22/h2-6H,7H2,1H3,(H,13,18). The molecule has 11 heteroatoms. The number of hydrogen-bond donors (Lipinski definition) is 1. The summed E-state index contributed by atoms with van der Waals surface area (Å²) in [5.74, 6) is -0.718. The van der Waals surface area contributed by atoms with Gasteiger partial charge in [0, 0.05) is 12.1 Å². The van der Waals surface area contributed by atoms with Gasteiger partial charge in [-0.3, -0.25) is 14.9 Å². The molecule has 0 aliphatic heterocycles. The van der Waals surface area contributed by atoms with Crippen LogP contribution in [0, 0.1) is 20.2 Å². The molecular weight excluding hydrogens is 310 g/mol. The number of carbonyl (C=O) groups excluding carboxylic acids is 1. The fourth-order valence-electron chi connectivity index (χ4n) is 1.76. The number of hydrogen-bond acceptors (Lipinski definition) is 7. The Labute approximate surface area is 128 Å². The molecule has 1 N–H and O–H groups in total. The minimum absolute atomic E-state index is 0.169. The van der Waals surface area contributed by atoms with Crippen molar-refractivity contribution in [3.8, 4) is 5.75 Å². The van der Waals surface area contributed by atoms with Gasteiger partial charge in [0.25, 0.3) is 5.69 Å². The summed E-state index contributed by atoms with van der Waals surface area (Å²) in [5.41, 5.74) is -0.0721. The maximum absolute atomic E-state index is 11.9. The molecule has 0 aliphatic carbocycles. The number of amides is 1. The Morgan fingerprint density at radius 3 is 2.61 bits per heavy atom. The summed E-state index contributed by atoms with van der Waals surface area (Å²) in [6.07, 6.45) is 1.28. The normalized spacial score (nSPS) is 10.1. The highest BCUT2D eigenvalue weighted by atomic mass is 16.6. The number of nitrogens with zero attached hydrogens (tertiary/aromatic N) is 4. The molecule has 0 saturated carbocycles. The zero-order valence-electron chi connectivity index (χ0n) is 11.8. The van der Waals surface area contributed by atoms with Crippen LogP contribution in [0.25, 0.3) is 0 Å². The topological polar surface area (TPSA) is 142 Å². The molecule has 0 radical (unpaired) electrons. The Kier molecular flexibility index (Phi) is 4.50. The molecule has 1 aromatic carbocycles. The van der Waals surface area contributed by atoms with Crippen molar-refractivity contribution in [2.24, 2.45) is 0 Å². The molecule has 0 saturated heterocycles. The Morgan fingerprint density at radius 1 is 1.30 bits per heavy atom. The van der Waals surface area contributed by atoms with Crippen molar-refractivity contribution in [3.05, 3.63) is 50.7 Å². The number of ether oxygens (including phenoxy) is 1. The van der Waals surface area contributed by atoms with Gasteiger partial charge in [-0.1, -0.05) is 0 Å². The van der Waals surface area contributed by atoms with Gasteiger partial charge in [-0.05, 0) is 4.92 Å². The highest BCUT2D eigenvalue weighted by Crippen LogP contribution is 2.25. The molecule has 2 aromatic rings. The number of non-ortho nitro benzene ring substituents is 1. The first-order chi connectivity index (χ1) is 10.9. The Bertz CT molecular complexity index is 771. The van der Waals surface area contributed by atoms with Crippen LogP contribution in [0.4, 0.5) is 17.2 Å². The van der Waals surface area contributed by atoms with Gasteiger partial charge in [0.15, 0.2) is 0 Å². The molecule has 1 aromatic heterocycles. The van der Waals surface area contributed by atoms with E-state index in [1.54, 1.807) is 0 Å². The highest BCUT2D eigenvalue weighted by molar-refractivity contribution is 5.91. The van der Waals surface area contributed by atoms with E-state index in [1.807, 2.05) is 0 Å². The third-order valence-electron chi connectivity index (χ3n) is 2.74. The molecule has 0 atom stereocenters. The van der Waals surface area contributed by atoms with E-state index in [2.05, 4.69) is 10.4 Å². The van der Waals surface area contributed by atoms with Crippen LogP contribution in [0.1, 0.15) is 0 Å². The van der Waals surface area contributed by atoms with Crippen molar-refractivity contribution in [1.82, 2.24) is 9.78 Å². The number of nitro groups is 2. The lowest BCUT2D eigenvalue weighted by Crippen LogP contribution is -2.19. The first-order valence-corrected chi connectivity index (χ1v) is 6.20. The van der Waals surface area contributed by atoms with Crippen LogP contribution in [0.3, 0.4) is 0 Å². The van der Waals surface area contributed by atoms with Gasteiger partial charge < -0.3 is 20.2 Å². The van der Waals surface area contributed by atoms with Crippen molar-refractivity contribution < 1.29 is 19.4 Å². The van der Waals surface area contributed by atoms with Crippen LogP contribution in [-0.4, -0.2) is 32.6 Å². The van der Waals surface area contributed by atoms with E-state index in [9.17, 15) is 25.0 Å². The molecular formula is C12H11N5O6. The second kappa shape index (κ2) is 6.51. The summed E-state index contributed by atoms with van der Waals surface area (Å²) < 4.78 is 6.01. The fourth-order valence-corrected chi connectivity index (χ4v) is 1.76. The molecule has 1 heterocycles. The van der Waals surface area contributed by atoms with E-state index in [0.717, 1.165) is 10.7 Å². The highest BCUT2D eigenvalue weighted by Gasteiger charge is 2.15. The molecule has 1 amide bonds. The summed E-state index contributed by atoms with van der Waals surface area (Å²) in [6, 6.07) is 4.96. The average Bonchev–Trinajstić information content (AvgIpc) is 2.95. The molecule has 11 nitrogen and oxygen atoms in total. The van der Waals surface area contributed by atoms with Crippen molar-refractivity contribution in [2.45, 2.75) is 6.54 Å². The van der Waals surface area contributed by atoms with Gasteiger partial charge in [-0.25, -0.2) is 0 Å². The van der Waals surface area contributed by atoms with Gasteiger partial charge in [0.05, 0.1) is 41.1 Å². The van der Waals surface area contributed by atoms with Crippen molar-refractivity contribution in [1.29, 1.82) is 0 Å². The lowest BCUT2D eigenvalue weighted by molar-refractivity contribution is -0.389. The van der Waals surface area contributed by atoms with Crippen molar-refractivity contribution in [2.75, 3.05) is 12.4 Å². The van der Waals surface area contributed by atoms with Gasteiger partial charge in [0.2, 0.25) is 5.91 Å². The summed E-state index contributed by atoms with van der Waals surface area (Å²) in [4.78, 5) is 31.9. The minimum atomic E-state index is -0.681. The monoisotopic (exact) mass is 321 g/mol. The number of rotatable bonds is 6. The Morgan fingerprint density at radius 2 is 2.04 bits per heavy atom. The maximum atomic E-state index is 11.9. The van der Waals surface area contributed by atoms with E-state index < -0.39 is 15.8 Å². The summed E-state index contributed by atoms with van der Waals surface area (Å²) in [5, 5.41) is 27.4. The van der Waals surface area contributed by atoms with E-state index in [1.165, 1.54) is 31.5 Å². The SMILES string of the molecule is COc1cc(NC(=O)Cn2ccc([N+](=O)[O-])n2)cc([N+](=O)[O-])c1. The molecule has 0 aliphatic rings. The quantitative estimate of drug-likeness (QED) is 0.624. The van der Waals surface area contributed by atoms with Crippen molar-refractivity contribution in [3.63, 3.8) is 0 Å². The molecule has 2 rings (SSSR count). The third kappa shape index (κ3) is 4.00. The number of methoxy groups -OCH3 is 1. The fraction of sp³-hybridized carbons (Fsp3) is 0.167. The zero-order valence-corrected chi connectivity index (χ0v) is 11.8. The van der Waals surface area contributed by atoms with Crippen LogP contribution in [-0.2, 0) is 11.3 Å². The summed E-state index contributed by atoms with van der Waals surface area (Å²) in [7, 11) is 1.34. The van der Waals surface area contributed by atoms with Crippen LogP contribution in [0.2, 0.25) is 0 Å². The molecule has 0 spiro atoms. The molecule has 0 unspecified atom stereocenters. The molecule has 0 fully saturated rings. The number of nitrogens with one attached hydrogen (secondary N) is 1. The number of anilines is 1. The zero-order chi connectivity index (χ0) is 17.0. The van der Waals surface area contributed by atoms with Crippen molar-refractivity contribution >= 4 is 23.1 Å².